The molecule has 1 saturated heterocycles. The third kappa shape index (κ3) is 5.98. The molecule has 2 fully saturated rings. The van der Waals surface area contributed by atoms with Gasteiger partial charge in [-0.3, -0.25) is 9.59 Å². The van der Waals surface area contributed by atoms with Crippen LogP contribution in [0, 0.1) is 0 Å². The molecule has 36 heavy (non-hydrogen) atoms. The Balaban J connectivity index is 1.53. The van der Waals surface area contributed by atoms with Gasteiger partial charge in [-0.25, -0.2) is 9.78 Å². The number of carbonyl (C=O) groups excluding carboxylic acids is 3. The number of pyridine rings is 1. The summed E-state index contributed by atoms with van der Waals surface area (Å²) in [4.78, 5) is 45.1. The zero-order valence-corrected chi connectivity index (χ0v) is 21.6. The molecule has 4 rings (SSSR count). The first kappa shape index (κ1) is 25.9. The van der Waals surface area contributed by atoms with Crippen molar-refractivity contribution in [1.29, 1.82) is 0 Å². The number of rotatable bonds is 9. The minimum atomic E-state index is -0.727. The number of nitrogens with one attached hydrogen (secondary N) is 1. The van der Waals surface area contributed by atoms with E-state index < -0.39 is 17.8 Å². The standard InChI is InChI=1S/C26H37N5O5/c1-18(21-15-29(12-6-10-27-17-32)23-20(21)7-5-11-28-23)31(19-8-9-19)24(33)22-16-30(13-14-35-22)25(34)36-26(2,3)4/h5,7,11,15,17-19,22H,6,8-10,12-14,16H2,1-4H3,(H,27,32). The first-order valence-electron chi connectivity index (χ1n) is 12.7. The van der Waals surface area contributed by atoms with Gasteiger partial charge in [0, 0.05) is 49.0 Å². The number of nitrogens with zero attached hydrogens (tertiary/aromatic N) is 4. The normalized spacial score (nSPS) is 19.1. The molecule has 2 unspecified atom stereocenters. The second-order valence-corrected chi connectivity index (χ2v) is 10.5. The van der Waals surface area contributed by atoms with Gasteiger partial charge in [0.2, 0.25) is 6.41 Å². The van der Waals surface area contributed by atoms with Crippen molar-refractivity contribution in [3.63, 3.8) is 0 Å². The molecule has 196 valence electrons. The van der Waals surface area contributed by atoms with Crippen molar-refractivity contribution in [2.75, 3.05) is 26.2 Å². The number of morpholine rings is 1. The summed E-state index contributed by atoms with van der Waals surface area (Å²) < 4.78 is 13.5. The number of amides is 3. The minimum absolute atomic E-state index is 0.0989. The van der Waals surface area contributed by atoms with E-state index in [0.29, 0.717) is 32.7 Å². The van der Waals surface area contributed by atoms with Crippen molar-refractivity contribution >= 4 is 29.4 Å². The molecule has 0 aromatic carbocycles. The van der Waals surface area contributed by atoms with Crippen LogP contribution in [-0.2, 0) is 25.6 Å². The number of aryl methyl sites for hydroxylation is 1. The van der Waals surface area contributed by atoms with Crippen molar-refractivity contribution < 1.29 is 23.9 Å². The number of carbonyl (C=O) groups is 3. The molecule has 0 spiro atoms. The van der Waals surface area contributed by atoms with E-state index in [2.05, 4.69) is 21.1 Å². The van der Waals surface area contributed by atoms with Gasteiger partial charge in [-0.2, -0.15) is 0 Å². The molecular weight excluding hydrogens is 462 g/mol. The van der Waals surface area contributed by atoms with E-state index in [-0.39, 0.29) is 24.5 Å². The lowest BCUT2D eigenvalue weighted by Crippen LogP contribution is -2.54. The molecule has 3 heterocycles. The zero-order chi connectivity index (χ0) is 25.9. The largest absolute Gasteiger partial charge is 0.444 e. The van der Waals surface area contributed by atoms with E-state index in [4.69, 9.17) is 9.47 Å². The van der Waals surface area contributed by atoms with Gasteiger partial charge in [0.1, 0.15) is 11.2 Å². The summed E-state index contributed by atoms with van der Waals surface area (Å²) in [5.74, 6) is -0.0989. The first-order valence-corrected chi connectivity index (χ1v) is 12.7. The summed E-state index contributed by atoms with van der Waals surface area (Å²) in [7, 11) is 0. The molecule has 1 saturated carbocycles. The van der Waals surface area contributed by atoms with Crippen molar-refractivity contribution in [3.05, 3.63) is 30.1 Å². The van der Waals surface area contributed by atoms with Gasteiger partial charge in [-0.05, 0) is 59.1 Å². The lowest BCUT2D eigenvalue weighted by atomic mass is 10.1. The fourth-order valence-electron chi connectivity index (χ4n) is 4.71. The lowest BCUT2D eigenvalue weighted by molar-refractivity contribution is -0.151. The Morgan fingerprint density at radius 3 is 2.83 bits per heavy atom. The fraction of sp³-hybridized carbons (Fsp3) is 0.615. The second-order valence-electron chi connectivity index (χ2n) is 10.5. The Bertz CT molecular complexity index is 1090. The monoisotopic (exact) mass is 499 g/mol. The van der Waals surface area contributed by atoms with Crippen molar-refractivity contribution in [3.8, 4) is 0 Å². The summed E-state index contributed by atoms with van der Waals surface area (Å²) >= 11 is 0. The van der Waals surface area contributed by atoms with Crippen LogP contribution in [-0.4, -0.2) is 81.7 Å². The van der Waals surface area contributed by atoms with E-state index >= 15 is 0 Å². The lowest BCUT2D eigenvalue weighted by Gasteiger charge is -2.37. The van der Waals surface area contributed by atoms with Crippen LogP contribution in [0.1, 0.15) is 58.6 Å². The van der Waals surface area contributed by atoms with E-state index in [1.54, 1.807) is 11.1 Å². The quantitative estimate of drug-likeness (QED) is 0.420. The maximum Gasteiger partial charge on any atom is 0.410 e. The highest BCUT2D eigenvalue weighted by Gasteiger charge is 2.42. The molecule has 0 radical (unpaired) electrons. The van der Waals surface area contributed by atoms with Gasteiger partial charge in [-0.1, -0.05) is 0 Å². The molecule has 0 bridgehead atoms. The number of ether oxygens (including phenoxy) is 2. The third-order valence-electron chi connectivity index (χ3n) is 6.52. The maximum absolute atomic E-state index is 13.8. The molecule has 1 N–H and O–H groups in total. The van der Waals surface area contributed by atoms with Gasteiger partial charge < -0.3 is 29.2 Å². The molecule has 10 nitrogen and oxygen atoms in total. The molecule has 1 aliphatic heterocycles. The second kappa shape index (κ2) is 10.9. The highest BCUT2D eigenvalue weighted by atomic mass is 16.6. The Morgan fingerprint density at radius 1 is 1.36 bits per heavy atom. The predicted molar refractivity (Wildman–Crippen MR) is 134 cm³/mol. The Hall–Kier alpha value is -3.14. The zero-order valence-electron chi connectivity index (χ0n) is 21.6. The van der Waals surface area contributed by atoms with Crippen LogP contribution in [0.15, 0.2) is 24.5 Å². The van der Waals surface area contributed by atoms with E-state index in [0.717, 1.165) is 35.9 Å². The highest BCUT2D eigenvalue weighted by Crippen LogP contribution is 2.38. The van der Waals surface area contributed by atoms with Crippen LogP contribution in [0.25, 0.3) is 11.0 Å². The average Bonchev–Trinajstić information content (AvgIpc) is 3.61. The summed E-state index contributed by atoms with van der Waals surface area (Å²) in [5.41, 5.74) is 1.29. The number of hydrogen-bond donors (Lipinski definition) is 1. The third-order valence-corrected chi connectivity index (χ3v) is 6.52. The molecule has 10 heteroatoms. The van der Waals surface area contributed by atoms with E-state index in [1.165, 1.54) is 0 Å². The summed E-state index contributed by atoms with van der Waals surface area (Å²) in [6, 6.07) is 3.90. The number of fused-ring (bicyclic) bond motifs is 1. The molecule has 1 aliphatic carbocycles. The van der Waals surface area contributed by atoms with Crippen LogP contribution < -0.4 is 5.32 Å². The molecule has 2 atom stereocenters. The summed E-state index contributed by atoms with van der Waals surface area (Å²) in [6.07, 6.45) is 6.07. The van der Waals surface area contributed by atoms with Crippen LogP contribution >= 0.6 is 0 Å². The average molecular weight is 500 g/mol. The Morgan fingerprint density at radius 2 is 2.14 bits per heavy atom. The van der Waals surface area contributed by atoms with E-state index in [1.807, 2.05) is 44.7 Å². The van der Waals surface area contributed by atoms with Crippen molar-refractivity contribution in [1.82, 2.24) is 24.7 Å². The highest BCUT2D eigenvalue weighted by molar-refractivity contribution is 5.85. The molecule has 2 aromatic heterocycles. The van der Waals surface area contributed by atoms with Crippen LogP contribution in [0.2, 0.25) is 0 Å². The fourth-order valence-corrected chi connectivity index (χ4v) is 4.71. The summed E-state index contributed by atoms with van der Waals surface area (Å²) in [6.45, 7) is 9.69. The van der Waals surface area contributed by atoms with Crippen molar-refractivity contribution in [2.24, 2.45) is 0 Å². The van der Waals surface area contributed by atoms with Crippen molar-refractivity contribution in [2.45, 2.75) is 77.3 Å². The minimum Gasteiger partial charge on any atom is -0.444 e. The van der Waals surface area contributed by atoms with Crippen LogP contribution in [0.3, 0.4) is 0 Å². The SMILES string of the molecule is CC(c1cn(CCCNC=O)c2ncccc12)N(C(=O)C1CN(C(=O)OC(C)(C)C)CCO1)C1CC1. The molecular formula is C26H37N5O5. The summed E-state index contributed by atoms with van der Waals surface area (Å²) in [5, 5.41) is 3.70. The topological polar surface area (TPSA) is 106 Å². The van der Waals surface area contributed by atoms with Gasteiger partial charge in [0.25, 0.3) is 5.91 Å². The van der Waals surface area contributed by atoms with Gasteiger partial charge in [0.05, 0.1) is 19.2 Å². The molecule has 2 aromatic rings. The predicted octanol–water partition coefficient (Wildman–Crippen LogP) is 2.86. The first-order chi connectivity index (χ1) is 17.2. The number of aromatic nitrogens is 2. The van der Waals surface area contributed by atoms with Crippen LogP contribution in [0.4, 0.5) is 4.79 Å². The van der Waals surface area contributed by atoms with Gasteiger partial charge >= 0.3 is 6.09 Å². The maximum atomic E-state index is 13.8. The Kier molecular flexibility index (Phi) is 7.82. The van der Waals surface area contributed by atoms with Crippen LogP contribution in [0.5, 0.6) is 0 Å². The smallest absolute Gasteiger partial charge is 0.410 e. The molecule has 2 aliphatic rings. The van der Waals surface area contributed by atoms with Gasteiger partial charge in [-0.15, -0.1) is 0 Å². The molecule has 3 amide bonds. The number of hydrogen-bond acceptors (Lipinski definition) is 6. The Labute approximate surface area is 211 Å². The van der Waals surface area contributed by atoms with Gasteiger partial charge in [0.15, 0.2) is 6.10 Å². The van der Waals surface area contributed by atoms with E-state index in [9.17, 15) is 14.4 Å².